The third-order valence-corrected chi connectivity index (χ3v) is 2.90. The van der Waals surface area contributed by atoms with Crippen molar-refractivity contribution in [2.75, 3.05) is 0 Å². The van der Waals surface area contributed by atoms with Crippen LogP contribution in [0.25, 0.3) is 0 Å². The van der Waals surface area contributed by atoms with Crippen LogP contribution in [0.15, 0.2) is 12.1 Å². The molecule has 0 aromatic heterocycles. The smallest absolute Gasteiger partial charge is 0.338 e. The summed E-state index contributed by atoms with van der Waals surface area (Å²) in [6.07, 6.45) is 3.20. The lowest BCUT2D eigenvalue weighted by Gasteiger charge is -2.10. The maximum Gasteiger partial charge on any atom is 0.338 e. The highest BCUT2D eigenvalue weighted by molar-refractivity contribution is 5.94. The molecule has 3 nitrogen and oxygen atoms in total. The van der Waals surface area contributed by atoms with Crippen molar-refractivity contribution < 1.29 is 14.3 Å². The molecule has 84 valence electrons. The summed E-state index contributed by atoms with van der Waals surface area (Å²) in [7, 11) is 0. The molecule has 16 heavy (non-hydrogen) atoms. The van der Waals surface area contributed by atoms with Crippen molar-refractivity contribution >= 4 is 12.3 Å². The van der Waals surface area contributed by atoms with E-state index in [0.717, 1.165) is 35.8 Å². The number of rotatable bonds is 4. The molecule has 1 aromatic rings. The Bertz CT molecular complexity index is 435. The Morgan fingerprint density at radius 2 is 2.25 bits per heavy atom. The second kappa shape index (κ2) is 4.47. The van der Waals surface area contributed by atoms with Crippen LogP contribution in [0.5, 0.6) is 0 Å². The molecule has 0 saturated carbocycles. The normalized spacial score (nSPS) is 13.4. The number of cyclic esters (lactones) is 1. The minimum Gasteiger partial charge on any atom is -0.457 e. The summed E-state index contributed by atoms with van der Waals surface area (Å²) in [5, 5.41) is 0. The summed E-state index contributed by atoms with van der Waals surface area (Å²) in [6, 6.07) is 3.63. The fraction of sp³-hybridized carbons (Fsp3) is 0.385. The van der Waals surface area contributed by atoms with Gasteiger partial charge in [0.15, 0.2) is 0 Å². The van der Waals surface area contributed by atoms with Crippen LogP contribution in [-0.2, 0) is 29.0 Å². The summed E-state index contributed by atoms with van der Waals surface area (Å²) in [6.45, 7) is 2.44. The van der Waals surface area contributed by atoms with Crippen LogP contribution in [0.2, 0.25) is 0 Å². The number of benzene rings is 1. The number of carbonyl (C=O) groups excluding carboxylic acids is 2. The zero-order chi connectivity index (χ0) is 11.5. The van der Waals surface area contributed by atoms with Crippen molar-refractivity contribution in [3.8, 4) is 0 Å². The zero-order valence-electron chi connectivity index (χ0n) is 9.29. The number of esters is 1. The number of ether oxygens (including phenoxy) is 1. The molecule has 1 aliphatic heterocycles. The monoisotopic (exact) mass is 218 g/mol. The lowest BCUT2D eigenvalue weighted by Crippen LogP contribution is -2.02. The van der Waals surface area contributed by atoms with Crippen molar-refractivity contribution in [1.82, 2.24) is 0 Å². The van der Waals surface area contributed by atoms with Gasteiger partial charge in [-0.25, -0.2) is 4.79 Å². The molecule has 0 bridgehead atoms. The highest BCUT2D eigenvalue weighted by Crippen LogP contribution is 2.27. The number of hydrogen-bond donors (Lipinski definition) is 0. The number of hydrogen-bond acceptors (Lipinski definition) is 3. The minimum absolute atomic E-state index is 0.245. The molecule has 0 unspecified atom stereocenters. The molecule has 1 heterocycles. The first-order valence-electron chi connectivity index (χ1n) is 5.52. The van der Waals surface area contributed by atoms with Crippen molar-refractivity contribution in [2.24, 2.45) is 0 Å². The summed E-state index contributed by atoms with van der Waals surface area (Å²) in [4.78, 5) is 22.0. The maximum atomic E-state index is 11.4. The summed E-state index contributed by atoms with van der Waals surface area (Å²) in [5.74, 6) is -0.245. The topological polar surface area (TPSA) is 43.4 Å². The number of fused-ring (bicyclic) bond motifs is 1. The van der Waals surface area contributed by atoms with E-state index in [0.29, 0.717) is 18.6 Å². The first-order chi connectivity index (χ1) is 7.77. The third kappa shape index (κ3) is 1.73. The molecule has 0 saturated heterocycles. The molecule has 0 N–H and O–H groups in total. The maximum absolute atomic E-state index is 11.4. The van der Waals surface area contributed by atoms with E-state index in [1.807, 2.05) is 6.07 Å². The standard InChI is InChI=1S/C13H14O3/c1-2-3-10-9(6-7-14)4-5-11-12(10)8-16-13(11)15/h4-5,7H,2-3,6,8H2,1H3. The van der Waals surface area contributed by atoms with Crippen molar-refractivity contribution in [3.63, 3.8) is 0 Å². The predicted molar refractivity (Wildman–Crippen MR) is 59.3 cm³/mol. The van der Waals surface area contributed by atoms with Gasteiger partial charge < -0.3 is 9.53 Å². The van der Waals surface area contributed by atoms with Crippen LogP contribution < -0.4 is 0 Å². The average molecular weight is 218 g/mol. The molecular weight excluding hydrogens is 204 g/mol. The van der Waals surface area contributed by atoms with Crippen LogP contribution >= 0.6 is 0 Å². The summed E-state index contributed by atoms with van der Waals surface area (Å²) in [5.41, 5.74) is 3.79. The Morgan fingerprint density at radius 1 is 1.44 bits per heavy atom. The molecule has 2 rings (SSSR count). The highest BCUT2D eigenvalue weighted by Gasteiger charge is 2.24. The van der Waals surface area contributed by atoms with E-state index >= 15 is 0 Å². The third-order valence-electron chi connectivity index (χ3n) is 2.90. The fourth-order valence-electron chi connectivity index (χ4n) is 2.16. The van der Waals surface area contributed by atoms with Gasteiger partial charge in [0.05, 0.1) is 5.56 Å². The van der Waals surface area contributed by atoms with Gasteiger partial charge in [0.1, 0.15) is 12.9 Å². The molecule has 1 aromatic carbocycles. The van der Waals surface area contributed by atoms with Crippen LogP contribution in [0.1, 0.15) is 40.4 Å². The first kappa shape index (κ1) is 10.9. The van der Waals surface area contributed by atoms with Crippen LogP contribution in [-0.4, -0.2) is 12.3 Å². The molecule has 0 spiro atoms. The quantitative estimate of drug-likeness (QED) is 0.574. The number of aldehydes is 1. The Labute approximate surface area is 94.4 Å². The largest absolute Gasteiger partial charge is 0.457 e. The van der Waals surface area contributed by atoms with E-state index in [4.69, 9.17) is 4.74 Å². The lowest BCUT2D eigenvalue weighted by atomic mass is 9.93. The predicted octanol–water partition coefficient (Wildman–Crippen LogP) is 2.05. The summed E-state index contributed by atoms with van der Waals surface area (Å²) >= 11 is 0. The lowest BCUT2D eigenvalue weighted by molar-refractivity contribution is -0.107. The highest BCUT2D eigenvalue weighted by atomic mass is 16.5. The van der Waals surface area contributed by atoms with E-state index in [-0.39, 0.29) is 5.97 Å². The van der Waals surface area contributed by atoms with Gasteiger partial charge in [-0.1, -0.05) is 19.4 Å². The molecule has 0 fully saturated rings. The minimum atomic E-state index is -0.245. The van der Waals surface area contributed by atoms with Crippen molar-refractivity contribution in [3.05, 3.63) is 34.4 Å². The molecule has 0 aliphatic carbocycles. The van der Waals surface area contributed by atoms with Crippen molar-refractivity contribution in [1.29, 1.82) is 0 Å². The van der Waals surface area contributed by atoms with Gasteiger partial charge in [0.2, 0.25) is 0 Å². The Hall–Kier alpha value is -1.64. The van der Waals surface area contributed by atoms with Gasteiger partial charge in [-0.3, -0.25) is 0 Å². The van der Waals surface area contributed by atoms with Gasteiger partial charge in [-0.05, 0) is 23.6 Å². The van der Waals surface area contributed by atoms with Crippen LogP contribution in [0, 0.1) is 0 Å². The molecule has 1 aliphatic rings. The second-order valence-corrected chi connectivity index (χ2v) is 3.93. The van der Waals surface area contributed by atoms with Gasteiger partial charge in [0.25, 0.3) is 0 Å². The molecule has 0 radical (unpaired) electrons. The molecule has 3 heteroatoms. The van der Waals surface area contributed by atoms with E-state index in [1.54, 1.807) is 6.07 Å². The second-order valence-electron chi connectivity index (χ2n) is 3.93. The first-order valence-corrected chi connectivity index (χ1v) is 5.52. The van der Waals surface area contributed by atoms with E-state index < -0.39 is 0 Å². The van der Waals surface area contributed by atoms with Gasteiger partial charge in [-0.15, -0.1) is 0 Å². The Kier molecular flexibility index (Phi) is 3.04. The van der Waals surface area contributed by atoms with Gasteiger partial charge >= 0.3 is 5.97 Å². The van der Waals surface area contributed by atoms with Crippen LogP contribution in [0.3, 0.4) is 0 Å². The number of carbonyl (C=O) groups is 2. The fourth-order valence-corrected chi connectivity index (χ4v) is 2.16. The van der Waals surface area contributed by atoms with Crippen molar-refractivity contribution in [2.45, 2.75) is 32.8 Å². The molecule has 0 atom stereocenters. The molecular formula is C13H14O3. The van der Waals surface area contributed by atoms with Crippen LogP contribution in [0.4, 0.5) is 0 Å². The van der Waals surface area contributed by atoms with E-state index in [9.17, 15) is 9.59 Å². The van der Waals surface area contributed by atoms with E-state index in [1.165, 1.54) is 0 Å². The van der Waals surface area contributed by atoms with Gasteiger partial charge in [0, 0.05) is 12.0 Å². The summed E-state index contributed by atoms with van der Waals surface area (Å²) < 4.78 is 5.02. The SMILES string of the molecule is CCCc1c(CC=O)ccc2c1COC2=O. The van der Waals surface area contributed by atoms with Gasteiger partial charge in [-0.2, -0.15) is 0 Å². The molecule has 0 amide bonds. The van der Waals surface area contributed by atoms with E-state index in [2.05, 4.69) is 6.92 Å². The Balaban J connectivity index is 2.50. The Morgan fingerprint density at radius 3 is 2.94 bits per heavy atom. The average Bonchev–Trinajstić information content (AvgIpc) is 2.65. The zero-order valence-corrected chi connectivity index (χ0v) is 9.29.